The zero-order valence-corrected chi connectivity index (χ0v) is 14.5. The molecule has 3 rings (SSSR count). The molecule has 0 aliphatic carbocycles. The van der Waals surface area contributed by atoms with E-state index in [4.69, 9.17) is 0 Å². The van der Waals surface area contributed by atoms with E-state index in [9.17, 15) is 18.0 Å². The maximum Gasteiger partial charge on any atom is 0.416 e. The number of hydrogen-bond acceptors (Lipinski definition) is 7. The number of ether oxygens (including phenoxy) is 1. The number of nitrogens with zero attached hydrogens (tertiary/aromatic N) is 3. The fourth-order valence-electron chi connectivity index (χ4n) is 2.24. The number of aromatic nitrogens is 3. The van der Waals surface area contributed by atoms with Crippen LogP contribution in [-0.4, -0.2) is 28.3 Å². The third-order valence-electron chi connectivity index (χ3n) is 3.61. The molecule has 3 aromatic rings. The lowest BCUT2D eigenvalue weighted by Crippen LogP contribution is -2.05. The summed E-state index contributed by atoms with van der Waals surface area (Å²) in [6, 6.07) is 11.0. The molecular weight excluding hydrogens is 375 g/mol. The average molecular weight is 389 g/mol. The van der Waals surface area contributed by atoms with Crippen LogP contribution in [0.1, 0.15) is 15.9 Å². The third kappa shape index (κ3) is 4.72. The van der Waals surface area contributed by atoms with Gasteiger partial charge in [-0.1, -0.05) is 0 Å². The molecule has 0 saturated carbocycles. The van der Waals surface area contributed by atoms with E-state index in [1.807, 2.05) is 0 Å². The number of carbonyl (C=O) groups excluding carboxylic acids is 1. The molecule has 2 N–H and O–H groups in total. The van der Waals surface area contributed by atoms with Crippen LogP contribution < -0.4 is 10.6 Å². The number of anilines is 4. The van der Waals surface area contributed by atoms with Gasteiger partial charge in [0.1, 0.15) is 0 Å². The van der Waals surface area contributed by atoms with Gasteiger partial charge >= 0.3 is 12.1 Å². The van der Waals surface area contributed by atoms with Crippen molar-refractivity contribution in [1.82, 2.24) is 15.2 Å². The van der Waals surface area contributed by atoms with E-state index in [2.05, 4.69) is 30.6 Å². The molecule has 0 bridgehead atoms. The summed E-state index contributed by atoms with van der Waals surface area (Å²) in [5.41, 5.74) is 0.685. The zero-order valence-electron chi connectivity index (χ0n) is 14.5. The van der Waals surface area contributed by atoms with Gasteiger partial charge in [-0.2, -0.15) is 23.3 Å². The van der Waals surface area contributed by atoms with Gasteiger partial charge in [0.05, 0.1) is 24.4 Å². The number of esters is 1. The molecule has 0 atom stereocenters. The van der Waals surface area contributed by atoms with Gasteiger partial charge in [-0.25, -0.2) is 4.79 Å². The number of carbonyl (C=O) groups is 1. The first-order valence-electron chi connectivity index (χ1n) is 7.94. The number of rotatable bonds is 5. The summed E-state index contributed by atoms with van der Waals surface area (Å²) in [5, 5.41) is 13.4. The smallest absolute Gasteiger partial charge is 0.416 e. The van der Waals surface area contributed by atoms with Crippen LogP contribution in [0.25, 0.3) is 0 Å². The maximum absolute atomic E-state index is 12.6. The first-order valence-corrected chi connectivity index (χ1v) is 7.94. The quantitative estimate of drug-likeness (QED) is 0.633. The number of methoxy groups -OCH3 is 1. The molecule has 2 aromatic carbocycles. The van der Waals surface area contributed by atoms with Gasteiger partial charge in [0.2, 0.25) is 5.95 Å². The Labute approximate surface area is 157 Å². The van der Waals surface area contributed by atoms with Gasteiger partial charge in [-0.05, 0) is 48.5 Å². The highest BCUT2D eigenvalue weighted by Gasteiger charge is 2.29. The summed E-state index contributed by atoms with van der Waals surface area (Å²) >= 11 is 0. The Bertz CT molecular complexity index is 960. The van der Waals surface area contributed by atoms with Crippen LogP contribution in [0.3, 0.4) is 0 Å². The topological polar surface area (TPSA) is 89.0 Å². The summed E-state index contributed by atoms with van der Waals surface area (Å²) in [7, 11) is 1.29. The van der Waals surface area contributed by atoms with Crippen LogP contribution in [-0.2, 0) is 10.9 Å². The molecule has 0 spiro atoms. The molecule has 0 unspecified atom stereocenters. The van der Waals surface area contributed by atoms with E-state index < -0.39 is 17.7 Å². The molecule has 28 heavy (non-hydrogen) atoms. The monoisotopic (exact) mass is 389 g/mol. The SMILES string of the molecule is COC(=O)c1ccc(Nc2nncc(Nc3ccc(C(F)(F)F)cc3)n2)cc1. The molecule has 144 valence electrons. The van der Waals surface area contributed by atoms with Crippen molar-refractivity contribution >= 4 is 29.1 Å². The van der Waals surface area contributed by atoms with Gasteiger partial charge in [-0.3, -0.25) is 0 Å². The lowest BCUT2D eigenvalue weighted by molar-refractivity contribution is -0.137. The molecule has 0 saturated heterocycles. The minimum atomic E-state index is -4.39. The van der Waals surface area contributed by atoms with Crippen molar-refractivity contribution in [2.24, 2.45) is 0 Å². The van der Waals surface area contributed by atoms with Gasteiger partial charge in [0, 0.05) is 11.4 Å². The van der Waals surface area contributed by atoms with Crippen LogP contribution in [0.5, 0.6) is 0 Å². The van der Waals surface area contributed by atoms with Gasteiger partial charge in [-0.15, -0.1) is 5.10 Å². The highest BCUT2D eigenvalue weighted by molar-refractivity contribution is 5.89. The largest absolute Gasteiger partial charge is 0.465 e. The van der Waals surface area contributed by atoms with Crippen LogP contribution >= 0.6 is 0 Å². The van der Waals surface area contributed by atoms with Gasteiger partial charge in [0.15, 0.2) is 5.82 Å². The summed E-state index contributed by atoms with van der Waals surface area (Å²) in [5.74, 6) is 0.0124. The van der Waals surface area contributed by atoms with Crippen molar-refractivity contribution in [3.63, 3.8) is 0 Å². The van der Waals surface area contributed by atoms with Crippen LogP contribution in [0.4, 0.5) is 36.3 Å². The Balaban J connectivity index is 1.69. The van der Waals surface area contributed by atoms with Crippen molar-refractivity contribution < 1.29 is 22.7 Å². The van der Waals surface area contributed by atoms with Crippen LogP contribution in [0.2, 0.25) is 0 Å². The van der Waals surface area contributed by atoms with Crippen molar-refractivity contribution in [3.8, 4) is 0 Å². The Hall–Kier alpha value is -3.69. The van der Waals surface area contributed by atoms with Crippen molar-refractivity contribution in [2.75, 3.05) is 17.7 Å². The molecule has 0 fully saturated rings. The Morgan fingerprint density at radius 3 is 2.18 bits per heavy atom. The maximum atomic E-state index is 12.6. The van der Waals surface area contributed by atoms with E-state index >= 15 is 0 Å². The number of nitrogens with one attached hydrogen (secondary N) is 2. The van der Waals surface area contributed by atoms with E-state index in [0.29, 0.717) is 22.8 Å². The molecular formula is C18H14F3N5O2. The summed E-state index contributed by atoms with van der Waals surface area (Å²) < 4.78 is 42.5. The molecule has 1 aromatic heterocycles. The fraction of sp³-hybridized carbons (Fsp3) is 0.111. The van der Waals surface area contributed by atoms with Crippen molar-refractivity contribution in [3.05, 3.63) is 65.9 Å². The second kappa shape index (κ2) is 7.91. The molecule has 0 aliphatic heterocycles. The van der Waals surface area contributed by atoms with Gasteiger partial charge in [0.25, 0.3) is 0 Å². The Kier molecular flexibility index (Phi) is 5.39. The fourth-order valence-corrected chi connectivity index (χ4v) is 2.24. The first kappa shape index (κ1) is 19.1. The summed E-state index contributed by atoms with van der Waals surface area (Å²) in [4.78, 5) is 15.6. The standard InChI is InChI=1S/C18H14F3N5O2/c1-28-16(27)11-2-6-14(7-3-11)24-17-25-15(10-22-26-17)23-13-8-4-12(5-9-13)18(19,20)21/h2-10H,1H3,(H2,23,24,25,26). The number of benzene rings is 2. The molecule has 10 heteroatoms. The normalized spacial score (nSPS) is 11.0. The zero-order chi connectivity index (χ0) is 20.1. The minimum Gasteiger partial charge on any atom is -0.465 e. The molecule has 1 heterocycles. The average Bonchev–Trinajstić information content (AvgIpc) is 2.68. The number of alkyl halides is 3. The van der Waals surface area contributed by atoms with E-state index in [1.165, 1.54) is 25.4 Å². The summed E-state index contributed by atoms with van der Waals surface area (Å²) in [6.45, 7) is 0. The van der Waals surface area contributed by atoms with Crippen LogP contribution in [0.15, 0.2) is 54.7 Å². The molecule has 7 nitrogen and oxygen atoms in total. The summed E-state index contributed by atoms with van der Waals surface area (Å²) in [6.07, 6.45) is -3.06. The van der Waals surface area contributed by atoms with Crippen molar-refractivity contribution in [2.45, 2.75) is 6.18 Å². The highest BCUT2D eigenvalue weighted by Crippen LogP contribution is 2.30. The van der Waals surface area contributed by atoms with E-state index in [1.54, 1.807) is 24.3 Å². The van der Waals surface area contributed by atoms with Crippen LogP contribution in [0, 0.1) is 0 Å². The van der Waals surface area contributed by atoms with E-state index in [0.717, 1.165) is 12.1 Å². The molecule has 0 amide bonds. The second-order valence-corrected chi connectivity index (χ2v) is 5.56. The second-order valence-electron chi connectivity index (χ2n) is 5.56. The van der Waals surface area contributed by atoms with Crippen molar-refractivity contribution in [1.29, 1.82) is 0 Å². The number of halogens is 3. The minimum absolute atomic E-state index is 0.169. The number of hydrogen-bond donors (Lipinski definition) is 2. The Morgan fingerprint density at radius 2 is 1.57 bits per heavy atom. The lowest BCUT2D eigenvalue weighted by atomic mass is 10.2. The predicted octanol–water partition coefficient (Wildman–Crippen LogP) is 4.16. The van der Waals surface area contributed by atoms with E-state index in [-0.39, 0.29) is 5.95 Å². The third-order valence-corrected chi connectivity index (χ3v) is 3.61. The first-order chi connectivity index (χ1) is 13.3. The van der Waals surface area contributed by atoms with Gasteiger partial charge < -0.3 is 15.4 Å². The predicted molar refractivity (Wildman–Crippen MR) is 95.6 cm³/mol. The Morgan fingerprint density at radius 1 is 0.964 bits per heavy atom. The lowest BCUT2D eigenvalue weighted by Gasteiger charge is -2.10. The molecule has 0 radical (unpaired) electrons. The highest BCUT2D eigenvalue weighted by atomic mass is 19.4. The molecule has 0 aliphatic rings.